The minimum absolute atomic E-state index is 0.00259. The molecule has 2 heterocycles. The van der Waals surface area contributed by atoms with Crippen molar-refractivity contribution in [2.45, 2.75) is 39.3 Å². The van der Waals surface area contributed by atoms with Crippen LogP contribution in [0.25, 0.3) is 11.3 Å². The van der Waals surface area contributed by atoms with Gasteiger partial charge in [-0.1, -0.05) is 12.1 Å². The smallest absolute Gasteiger partial charge is 0.251 e. The van der Waals surface area contributed by atoms with Crippen LogP contribution in [0.4, 0.5) is 11.4 Å². The highest BCUT2D eigenvalue weighted by molar-refractivity contribution is 7.09. The van der Waals surface area contributed by atoms with E-state index in [1.165, 1.54) is 0 Å². The normalized spacial score (nSPS) is 17.7. The third-order valence-corrected chi connectivity index (χ3v) is 6.42. The van der Waals surface area contributed by atoms with Gasteiger partial charge in [-0.15, -0.1) is 11.3 Å². The standard InChI is InChI=1S/C24H26N4O2S/c1-14-11-21(27-19-8-5-17(6-9-19)22-13-31-15(2)26-22)20-12-18(24(30)25-4)7-10-23(20)28(14)16(3)29/h5-10,12-14,21,27H,11H2,1-4H3,(H,25,30). The maximum absolute atomic E-state index is 12.3. The number of carbonyl (C=O) groups excluding carboxylic acids is 2. The zero-order chi connectivity index (χ0) is 22.1. The Labute approximate surface area is 186 Å². The number of nitrogens with one attached hydrogen (secondary N) is 2. The molecule has 0 saturated carbocycles. The Morgan fingerprint density at radius 2 is 1.90 bits per heavy atom. The van der Waals surface area contributed by atoms with Gasteiger partial charge in [-0.25, -0.2) is 4.98 Å². The topological polar surface area (TPSA) is 74.3 Å². The van der Waals surface area contributed by atoms with Crippen LogP contribution in [0.3, 0.4) is 0 Å². The Morgan fingerprint density at radius 1 is 1.16 bits per heavy atom. The molecule has 4 rings (SSSR count). The second-order valence-electron chi connectivity index (χ2n) is 7.85. The number of aromatic nitrogens is 1. The summed E-state index contributed by atoms with van der Waals surface area (Å²) in [5, 5.41) is 9.39. The first-order valence-electron chi connectivity index (χ1n) is 10.3. The van der Waals surface area contributed by atoms with E-state index in [4.69, 9.17) is 0 Å². The van der Waals surface area contributed by atoms with Crippen molar-refractivity contribution >= 4 is 34.5 Å². The quantitative estimate of drug-likeness (QED) is 0.620. The summed E-state index contributed by atoms with van der Waals surface area (Å²) >= 11 is 1.64. The second kappa shape index (κ2) is 8.51. The van der Waals surface area contributed by atoms with Crippen LogP contribution in [0.15, 0.2) is 47.8 Å². The van der Waals surface area contributed by atoms with Crippen LogP contribution in [0.5, 0.6) is 0 Å². The van der Waals surface area contributed by atoms with Crippen LogP contribution in [0.2, 0.25) is 0 Å². The van der Waals surface area contributed by atoms with E-state index in [9.17, 15) is 9.59 Å². The SMILES string of the molecule is CNC(=O)c1ccc2c(c1)C(Nc1ccc(-c3csc(C)n3)cc1)CC(C)N2C(C)=O. The van der Waals surface area contributed by atoms with Gasteiger partial charge in [0.2, 0.25) is 5.91 Å². The van der Waals surface area contributed by atoms with E-state index in [0.717, 1.165) is 39.6 Å². The van der Waals surface area contributed by atoms with E-state index < -0.39 is 0 Å². The first-order valence-corrected chi connectivity index (χ1v) is 11.2. The Bertz CT molecular complexity index is 1120. The number of benzene rings is 2. The van der Waals surface area contributed by atoms with Gasteiger partial charge in [-0.2, -0.15) is 0 Å². The molecule has 0 aliphatic carbocycles. The molecule has 0 bridgehead atoms. The van der Waals surface area contributed by atoms with Crippen molar-refractivity contribution < 1.29 is 9.59 Å². The molecular formula is C24H26N4O2S. The summed E-state index contributed by atoms with van der Waals surface area (Å²) in [5.41, 5.74) is 5.44. The minimum atomic E-state index is -0.141. The molecule has 7 heteroatoms. The number of thiazole rings is 1. The van der Waals surface area contributed by atoms with E-state index in [1.54, 1.807) is 31.4 Å². The fourth-order valence-corrected chi connectivity index (χ4v) is 4.82. The lowest BCUT2D eigenvalue weighted by molar-refractivity contribution is -0.117. The van der Waals surface area contributed by atoms with E-state index in [0.29, 0.717) is 5.56 Å². The third kappa shape index (κ3) is 4.18. The zero-order valence-corrected chi connectivity index (χ0v) is 18.9. The number of nitrogens with zero attached hydrogens (tertiary/aromatic N) is 2. The molecule has 0 radical (unpaired) electrons. The fourth-order valence-electron chi connectivity index (χ4n) is 4.20. The number of amides is 2. The molecule has 2 aromatic carbocycles. The van der Waals surface area contributed by atoms with Crippen molar-refractivity contribution in [2.75, 3.05) is 17.3 Å². The first-order chi connectivity index (χ1) is 14.9. The van der Waals surface area contributed by atoms with E-state index in [-0.39, 0.29) is 23.9 Å². The Kier molecular flexibility index (Phi) is 5.78. The van der Waals surface area contributed by atoms with Gasteiger partial charge in [0.1, 0.15) is 0 Å². The molecule has 2 N–H and O–H groups in total. The predicted octanol–water partition coefficient (Wildman–Crippen LogP) is 4.78. The maximum Gasteiger partial charge on any atom is 0.251 e. The average Bonchev–Trinajstić information content (AvgIpc) is 3.19. The Morgan fingerprint density at radius 3 is 2.52 bits per heavy atom. The molecule has 3 aromatic rings. The lowest BCUT2D eigenvalue weighted by Gasteiger charge is -2.39. The van der Waals surface area contributed by atoms with Crippen molar-refractivity contribution in [1.82, 2.24) is 10.3 Å². The zero-order valence-electron chi connectivity index (χ0n) is 18.1. The Hall–Kier alpha value is -3.19. The van der Waals surface area contributed by atoms with Crippen LogP contribution >= 0.6 is 11.3 Å². The largest absolute Gasteiger partial charge is 0.378 e. The molecule has 1 aromatic heterocycles. The molecule has 2 unspecified atom stereocenters. The van der Waals surface area contributed by atoms with Gasteiger partial charge in [0.15, 0.2) is 0 Å². The summed E-state index contributed by atoms with van der Waals surface area (Å²) in [6.45, 7) is 5.64. The van der Waals surface area contributed by atoms with Crippen molar-refractivity contribution in [2.24, 2.45) is 0 Å². The molecule has 0 fully saturated rings. The fraction of sp³-hybridized carbons (Fsp3) is 0.292. The van der Waals surface area contributed by atoms with Crippen molar-refractivity contribution in [3.8, 4) is 11.3 Å². The molecule has 31 heavy (non-hydrogen) atoms. The van der Waals surface area contributed by atoms with Gasteiger partial charge in [0, 0.05) is 47.9 Å². The number of anilines is 2. The maximum atomic E-state index is 12.3. The second-order valence-corrected chi connectivity index (χ2v) is 8.91. The molecule has 1 aliphatic heterocycles. The van der Waals surface area contributed by atoms with Gasteiger partial charge in [-0.3, -0.25) is 9.59 Å². The van der Waals surface area contributed by atoms with E-state index >= 15 is 0 Å². The lowest BCUT2D eigenvalue weighted by Crippen LogP contribution is -2.43. The molecule has 0 saturated heterocycles. The molecule has 0 spiro atoms. The number of aryl methyl sites for hydroxylation is 1. The number of hydrogen-bond acceptors (Lipinski definition) is 5. The average molecular weight is 435 g/mol. The van der Waals surface area contributed by atoms with E-state index in [2.05, 4.69) is 40.1 Å². The Balaban J connectivity index is 1.65. The number of carbonyl (C=O) groups is 2. The molecule has 2 atom stereocenters. The van der Waals surface area contributed by atoms with Crippen molar-refractivity contribution in [1.29, 1.82) is 0 Å². The lowest BCUT2D eigenvalue weighted by atomic mass is 9.90. The minimum Gasteiger partial charge on any atom is -0.378 e. The number of hydrogen-bond donors (Lipinski definition) is 2. The first kappa shape index (κ1) is 21.1. The van der Waals surface area contributed by atoms with E-state index in [1.807, 2.05) is 36.1 Å². The molecule has 6 nitrogen and oxygen atoms in total. The van der Waals surface area contributed by atoms with Crippen LogP contribution < -0.4 is 15.5 Å². The highest BCUT2D eigenvalue weighted by Crippen LogP contribution is 2.39. The van der Waals surface area contributed by atoms with Crippen molar-refractivity contribution in [3.63, 3.8) is 0 Å². The summed E-state index contributed by atoms with van der Waals surface area (Å²) < 4.78 is 0. The molecule has 2 amide bonds. The summed E-state index contributed by atoms with van der Waals surface area (Å²) in [6, 6.07) is 13.8. The summed E-state index contributed by atoms with van der Waals surface area (Å²) in [5.74, 6) is -0.139. The van der Waals surface area contributed by atoms with Crippen LogP contribution in [-0.2, 0) is 4.79 Å². The van der Waals surface area contributed by atoms with Gasteiger partial charge >= 0.3 is 0 Å². The molecule has 1 aliphatic rings. The summed E-state index contributed by atoms with van der Waals surface area (Å²) in [7, 11) is 1.62. The summed E-state index contributed by atoms with van der Waals surface area (Å²) in [6.07, 6.45) is 0.747. The van der Waals surface area contributed by atoms with Gasteiger partial charge in [0.25, 0.3) is 5.91 Å². The monoisotopic (exact) mass is 434 g/mol. The highest BCUT2D eigenvalue weighted by atomic mass is 32.1. The third-order valence-electron chi connectivity index (χ3n) is 5.65. The summed E-state index contributed by atoms with van der Waals surface area (Å²) in [4.78, 5) is 30.9. The molecule has 160 valence electrons. The van der Waals surface area contributed by atoms with Crippen LogP contribution in [0.1, 0.15) is 47.2 Å². The predicted molar refractivity (Wildman–Crippen MR) is 126 cm³/mol. The van der Waals surface area contributed by atoms with Crippen LogP contribution in [0, 0.1) is 6.92 Å². The number of rotatable bonds is 4. The van der Waals surface area contributed by atoms with Crippen molar-refractivity contribution in [3.05, 3.63) is 64.0 Å². The highest BCUT2D eigenvalue weighted by Gasteiger charge is 2.33. The number of fused-ring (bicyclic) bond motifs is 1. The van der Waals surface area contributed by atoms with Gasteiger partial charge in [-0.05, 0) is 56.2 Å². The van der Waals surface area contributed by atoms with Gasteiger partial charge in [0.05, 0.1) is 16.7 Å². The molecular weight excluding hydrogens is 408 g/mol. The van der Waals surface area contributed by atoms with Crippen LogP contribution in [-0.4, -0.2) is 29.9 Å². The van der Waals surface area contributed by atoms with Gasteiger partial charge < -0.3 is 15.5 Å².